The smallest absolute Gasteiger partial charge is 0.337 e. The third-order valence-corrected chi connectivity index (χ3v) is 3.99. The van der Waals surface area contributed by atoms with Crippen molar-refractivity contribution in [3.8, 4) is 0 Å². The van der Waals surface area contributed by atoms with Crippen LogP contribution in [0.1, 0.15) is 43.0 Å². The Balaban J connectivity index is 1.88. The number of urea groups is 1. The number of rotatable bonds is 3. The van der Waals surface area contributed by atoms with Crippen LogP contribution in [0.15, 0.2) is 24.3 Å². The molecular formula is C16H22N2O3. The van der Waals surface area contributed by atoms with Crippen molar-refractivity contribution in [2.24, 2.45) is 5.92 Å². The molecule has 1 fully saturated rings. The van der Waals surface area contributed by atoms with Gasteiger partial charge in [-0.1, -0.05) is 19.8 Å². The second-order valence-electron chi connectivity index (χ2n) is 5.54. The third kappa shape index (κ3) is 4.21. The van der Waals surface area contributed by atoms with E-state index in [0.717, 1.165) is 6.42 Å². The van der Waals surface area contributed by atoms with Gasteiger partial charge in [0.15, 0.2) is 0 Å². The molecule has 2 N–H and O–H groups in total. The Morgan fingerprint density at radius 3 is 2.43 bits per heavy atom. The molecule has 2 atom stereocenters. The SMILES string of the molecule is COC(=O)c1ccc(NC(=O)NC2CCCCC2C)cc1. The average Bonchev–Trinajstić information content (AvgIpc) is 2.49. The molecule has 5 nitrogen and oxygen atoms in total. The summed E-state index contributed by atoms with van der Waals surface area (Å²) in [5.41, 5.74) is 1.12. The number of anilines is 1. The maximum Gasteiger partial charge on any atom is 0.337 e. The van der Waals surface area contributed by atoms with E-state index in [2.05, 4.69) is 22.3 Å². The van der Waals surface area contributed by atoms with Crippen molar-refractivity contribution in [3.05, 3.63) is 29.8 Å². The monoisotopic (exact) mass is 290 g/mol. The lowest BCUT2D eigenvalue weighted by atomic mass is 9.86. The quantitative estimate of drug-likeness (QED) is 0.840. The molecule has 1 aliphatic carbocycles. The number of benzene rings is 1. The first-order valence-corrected chi connectivity index (χ1v) is 7.36. The largest absolute Gasteiger partial charge is 0.465 e. The summed E-state index contributed by atoms with van der Waals surface area (Å²) in [6.07, 6.45) is 4.62. The molecule has 21 heavy (non-hydrogen) atoms. The van der Waals surface area contributed by atoms with Crippen LogP contribution in [-0.4, -0.2) is 25.2 Å². The zero-order chi connectivity index (χ0) is 15.2. The van der Waals surface area contributed by atoms with Gasteiger partial charge in [-0.05, 0) is 43.0 Å². The van der Waals surface area contributed by atoms with Crippen LogP contribution < -0.4 is 10.6 Å². The molecule has 0 radical (unpaired) electrons. The zero-order valence-corrected chi connectivity index (χ0v) is 12.5. The highest BCUT2D eigenvalue weighted by molar-refractivity contribution is 5.92. The fourth-order valence-corrected chi connectivity index (χ4v) is 2.67. The van der Waals surface area contributed by atoms with Crippen molar-refractivity contribution in [1.82, 2.24) is 5.32 Å². The van der Waals surface area contributed by atoms with Crippen LogP contribution in [-0.2, 0) is 4.74 Å². The first-order valence-electron chi connectivity index (χ1n) is 7.36. The number of hydrogen-bond acceptors (Lipinski definition) is 3. The molecule has 0 bridgehead atoms. The highest BCUT2D eigenvalue weighted by atomic mass is 16.5. The Hall–Kier alpha value is -2.04. The predicted molar refractivity (Wildman–Crippen MR) is 81.4 cm³/mol. The summed E-state index contributed by atoms with van der Waals surface area (Å²) in [6.45, 7) is 2.18. The molecule has 0 aliphatic heterocycles. The van der Waals surface area contributed by atoms with Crippen LogP contribution in [0.5, 0.6) is 0 Å². The molecular weight excluding hydrogens is 268 g/mol. The van der Waals surface area contributed by atoms with Gasteiger partial charge in [0.1, 0.15) is 0 Å². The van der Waals surface area contributed by atoms with Gasteiger partial charge in [-0.25, -0.2) is 9.59 Å². The number of carbonyl (C=O) groups excluding carboxylic acids is 2. The van der Waals surface area contributed by atoms with Crippen molar-refractivity contribution < 1.29 is 14.3 Å². The van der Waals surface area contributed by atoms with E-state index in [-0.39, 0.29) is 18.0 Å². The summed E-state index contributed by atoms with van der Waals surface area (Å²) >= 11 is 0. The molecule has 1 saturated carbocycles. The number of amides is 2. The van der Waals surface area contributed by atoms with Crippen LogP contribution in [0.25, 0.3) is 0 Å². The first kappa shape index (κ1) is 15.4. The summed E-state index contributed by atoms with van der Waals surface area (Å²) in [7, 11) is 1.34. The number of ether oxygens (including phenoxy) is 1. The summed E-state index contributed by atoms with van der Waals surface area (Å²) in [6, 6.07) is 6.69. The molecule has 2 rings (SSSR count). The molecule has 2 amide bonds. The Kier molecular flexibility index (Phi) is 5.20. The zero-order valence-electron chi connectivity index (χ0n) is 12.5. The second-order valence-corrected chi connectivity index (χ2v) is 5.54. The number of methoxy groups -OCH3 is 1. The lowest BCUT2D eigenvalue weighted by molar-refractivity contribution is 0.0601. The van der Waals surface area contributed by atoms with E-state index in [1.165, 1.54) is 26.4 Å². The molecule has 114 valence electrons. The molecule has 1 aromatic carbocycles. The topological polar surface area (TPSA) is 67.4 Å². The van der Waals surface area contributed by atoms with Gasteiger partial charge in [0, 0.05) is 11.7 Å². The van der Waals surface area contributed by atoms with E-state index >= 15 is 0 Å². The van der Waals surface area contributed by atoms with Gasteiger partial charge < -0.3 is 15.4 Å². The van der Waals surface area contributed by atoms with Gasteiger partial charge in [-0.2, -0.15) is 0 Å². The van der Waals surface area contributed by atoms with Crippen LogP contribution in [0.2, 0.25) is 0 Å². The molecule has 0 heterocycles. The van der Waals surface area contributed by atoms with Crippen LogP contribution in [0, 0.1) is 5.92 Å². The van der Waals surface area contributed by atoms with E-state index in [9.17, 15) is 9.59 Å². The molecule has 0 aromatic heterocycles. The van der Waals surface area contributed by atoms with E-state index in [1.807, 2.05) is 0 Å². The Morgan fingerprint density at radius 2 is 1.81 bits per heavy atom. The lowest BCUT2D eigenvalue weighted by Crippen LogP contribution is -2.43. The van der Waals surface area contributed by atoms with Gasteiger partial charge in [-0.15, -0.1) is 0 Å². The number of hydrogen-bond donors (Lipinski definition) is 2. The van der Waals surface area contributed by atoms with Gasteiger partial charge in [0.25, 0.3) is 0 Å². The minimum Gasteiger partial charge on any atom is -0.465 e. The van der Waals surface area contributed by atoms with Crippen molar-refractivity contribution >= 4 is 17.7 Å². The van der Waals surface area contributed by atoms with E-state index in [0.29, 0.717) is 17.2 Å². The fraction of sp³-hybridized carbons (Fsp3) is 0.500. The normalized spacial score (nSPS) is 21.4. The Labute approximate surface area is 125 Å². The maximum absolute atomic E-state index is 12.0. The molecule has 2 unspecified atom stereocenters. The highest BCUT2D eigenvalue weighted by Crippen LogP contribution is 2.23. The summed E-state index contributed by atoms with van der Waals surface area (Å²) in [4.78, 5) is 23.3. The second kappa shape index (κ2) is 7.11. The number of esters is 1. The minimum absolute atomic E-state index is 0.195. The van der Waals surface area contributed by atoms with Gasteiger partial charge >= 0.3 is 12.0 Å². The molecule has 1 aliphatic rings. The van der Waals surface area contributed by atoms with Crippen molar-refractivity contribution in [2.75, 3.05) is 12.4 Å². The Morgan fingerprint density at radius 1 is 1.14 bits per heavy atom. The van der Waals surface area contributed by atoms with Crippen molar-refractivity contribution in [3.63, 3.8) is 0 Å². The summed E-state index contributed by atoms with van der Waals surface area (Å²) in [5.74, 6) is 0.133. The number of carbonyl (C=O) groups is 2. The predicted octanol–water partition coefficient (Wildman–Crippen LogP) is 3.17. The van der Waals surface area contributed by atoms with Crippen LogP contribution in [0.4, 0.5) is 10.5 Å². The van der Waals surface area contributed by atoms with Crippen molar-refractivity contribution in [1.29, 1.82) is 0 Å². The highest BCUT2D eigenvalue weighted by Gasteiger charge is 2.22. The standard InChI is InChI=1S/C16H22N2O3/c1-11-5-3-4-6-14(11)18-16(20)17-13-9-7-12(8-10-13)15(19)21-2/h7-11,14H,3-6H2,1-2H3,(H2,17,18,20). The van der Waals surface area contributed by atoms with Crippen LogP contribution in [0.3, 0.4) is 0 Å². The maximum atomic E-state index is 12.0. The van der Waals surface area contributed by atoms with Gasteiger partial charge in [0.2, 0.25) is 0 Å². The molecule has 0 saturated heterocycles. The molecule has 5 heteroatoms. The van der Waals surface area contributed by atoms with E-state index < -0.39 is 0 Å². The van der Waals surface area contributed by atoms with Gasteiger partial charge in [-0.3, -0.25) is 0 Å². The average molecular weight is 290 g/mol. The first-order chi connectivity index (χ1) is 10.1. The van der Waals surface area contributed by atoms with Crippen LogP contribution >= 0.6 is 0 Å². The van der Waals surface area contributed by atoms with Gasteiger partial charge in [0.05, 0.1) is 12.7 Å². The fourth-order valence-electron chi connectivity index (χ4n) is 2.67. The van der Waals surface area contributed by atoms with Crippen molar-refractivity contribution in [2.45, 2.75) is 38.6 Å². The minimum atomic E-state index is -0.387. The molecule has 0 spiro atoms. The molecule has 1 aromatic rings. The van der Waals surface area contributed by atoms with E-state index in [1.54, 1.807) is 24.3 Å². The summed E-state index contributed by atoms with van der Waals surface area (Å²) in [5, 5.41) is 5.82. The number of nitrogens with one attached hydrogen (secondary N) is 2. The lowest BCUT2D eigenvalue weighted by Gasteiger charge is -2.29. The summed E-state index contributed by atoms with van der Waals surface area (Å²) < 4.78 is 4.63. The van der Waals surface area contributed by atoms with E-state index in [4.69, 9.17) is 0 Å². The Bertz CT molecular complexity index is 499. The third-order valence-electron chi connectivity index (χ3n) is 3.99.